The fourth-order valence-electron chi connectivity index (χ4n) is 1.82. The molecular weight excluding hydrogens is 217 g/mol. The molecule has 0 bridgehead atoms. The molecule has 0 saturated heterocycles. The van der Waals surface area contributed by atoms with E-state index in [2.05, 4.69) is 37.6 Å². The zero-order valence-electron chi connectivity index (χ0n) is 11.1. The molecule has 0 aromatic carbocycles. The zero-order chi connectivity index (χ0) is 13.0. The van der Waals surface area contributed by atoms with Gasteiger partial charge in [-0.3, -0.25) is 0 Å². The van der Waals surface area contributed by atoms with Gasteiger partial charge in [-0.05, 0) is 25.8 Å². The number of halogens is 1. The summed E-state index contributed by atoms with van der Waals surface area (Å²) in [5.41, 5.74) is 6.42. The second kappa shape index (κ2) is 5.96. The Morgan fingerprint density at radius 1 is 1.35 bits per heavy atom. The highest BCUT2D eigenvalue weighted by Gasteiger charge is 2.17. The Morgan fingerprint density at radius 2 is 2.00 bits per heavy atom. The van der Waals surface area contributed by atoms with Gasteiger partial charge in [0, 0.05) is 24.7 Å². The molecule has 0 aliphatic heterocycles. The van der Waals surface area contributed by atoms with Crippen molar-refractivity contribution in [3.05, 3.63) is 23.6 Å². The van der Waals surface area contributed by atoms with Crippen LogP contribution in [0.3, 0.4) is 0 Å². The summed E-state index contributed by atoms with van der Waals surface area (Å²) in [6.07, 6.45) is 1.25. The summed E-state index contributed by atoms with van der Waals surface area (Å²) < 4.78 is 13.1. The Balaban J connectivity index is 3.08. The Morgan fingerprint density at radius 3 is 2.47 bits per heavy atom. The minimum absolute atomic E-state index is 0.307. The van der Waals surface area contributed by atoms with E-state index in [1.54, 1.807) is 0 Å². The van der Waals surface area contributed by atoms with E-state index in [9.17, 15) is 4.39 Å². The fraction of sp³-hybridized carbons (Fsp3) is 0.615. The summed E-state index contributed by atoms with van der Waals surface area (Å²) in [5, 5.41) is 0. The van der Waals surface area contributed by atoms with Crippen molar-refractivity contribution in [1.29, 1.82) is 0 Å². The Labute approximate surface area is 103 Å². The molecule has 96 valence electrons. The highest BCUT2D eigenvalue weighted by Crippen LogP contribution is 2.21. The Kier molecular flexibility index (Phi) is 4.87. The lowest BCUT2D eigenvalue weighted by Gasteiger charge is -2.31. The molecule has 1 aromatic heterocycles. The van der Waals surface area contributed by atoms with Crippen molar-refractivity contribution in [2.24, 2.45) is 11.7 Å². The van der Waals surface area contributed by atoms with E-state index in [0.717, 1.165) is 17.9 Å². The fourth-order valence-corrected chi connectivity index (χ4v) is 1.82. The molecule has 0 unspecified atom stereocenters. The standard InChI is InChI=1S/C13H22FN3/c1-9(2)8-17(10(3)4)13-11(6-15)5-12(14)7-16-13/h5,7,9-10H,6,8,15H2,1-4H3. The maximum absolute atomic E-state index is 13.1. The van der Waals surface area contributed by atoms with E-state index in [0.29, 0.717) is 18.5 Å². The number of hydrogen-bond acceptors (Lipinski definition) is 3. The maximum Gasteiger partial charge on any atom is 0.141 e. The quantitative estimate of drug-likeness (QED) is 0.858. The molecule has 0 saturated carbocycles. The van der Waals surface area contributed by atoms with Crippen molar-refractivity contribution in [3.8, 4) is 0 Å². The van der Waals surface area contributed by atoms with Gasteiger partial charge in [0.05, 0.1) is 6.20 Å². The third-order valence-corrected chi connectivity index (χ3v) is 2.59. The first kappa shape index (κ1) is 13.9. The van der Waals surface area contributed by atoms with Crippen LogP contribution in [0, 0.1) is 11.7 Å². The van der Waals surface area contributed by atoms with Gasteiger partial charge in [0.25, 0.3) is 0 Å². The van der Waals surface area contributed by atoms with Gasteiger partial charge in [0.15, 0.2) is 0 Å². The summed E-state index contributed by atoms with van der Waals surface area (Å²) in [7, 11) is 0. The smallest absolute Gasteiger partial charge is 0.141 e. The third kappa shape index (κ3) is 3.66. The average molecular weight is 239 g/mol. The van der Waals surface area contributed by atoms with E-state index >= 15 is 0 Å². The predicted molar refractivity (Wildman–Crippen MR) is 69.4 cm³/mol. The van der Waals surface area contributed by atoms with Crippen LogP contribution < -0.4 is 10.6 Å². The van der Waals surface area contributed by atoms with Gasteiger partial charge < -0.3 is 10.6 Å². The van der Waals surface area contributed by atoms with Crippen LogP contribution in [0.1, 0.15) is 33.3 Å². The minimum Gasteiger partial charge on any atom is -0.354 e. The van der Waals surface area contributed by atoms with Gasteiger partial charge in [0.1, 0.15) is 11.6 Å². The molecule has 1 heterocycles. The molecule has 1 rings (SSSR count). The molecule has 0 atom stereocenters. The van der Waals surface area contributed by atoms with Crippen LogP contribution in [0.4, 0.5) is 10.2 Å². The number of anilines is 1. The molecule has 0 fully saturated rings. The zero-order valence-corrected chi connectivity index (χ0v) is 11.1. The van der Waals surface area contributed by atoms with Crippen LogP contribution in [0.5, 0.6) is 0 Å². The minimum atomic E-state index is -0.331. The lowest BCUT2D eigenvalue weighted by atomic mass is 10.1. The highest BCUT2D eigenvalue weighted by atomic mass is 19.1. The molecular formula is C13H22FN3. The van der Waals surface area contributed by atoms with Crippen LogP contribution >= 0.6 is 0 Å². The van der Waals surface area contributed by atoms with Crippen LogP contribution in [-0.2, 0) is 6.54 Å². The molecule has 0 aliphatic rings. The first-order chi connectivity index (χ1) is 7.95. The van der Waals surface area contributed by atoms with Gasteiger partial charge in [-0.15, -0.1) is 0 Å². The number of aromatic nitrogens is 1. The molecule has 0 spiro atoms. The van der Waals surface area contributed by atoms with Crippen LogP contribution in [0.2, 0.25) is 0 Å². The summed E-state index contributed by atoms with van der Waals surface area (Å²) in [4.78, 5) is 6.37. The van der Waals surface area contributed by atoms with Crippen LogP contribution in [-0.4, -0.2) is 17.6 Å². The molecule has 0 amide bonds. The van der Waals surface area contributed by atoms with Gasteiger partial charge in [-0.2, -0.15) is 0 Å². The van der Waals surface area contributed by atoms with Gasteiger partial charge >= 0.3 is 0 Å². The average Bonchev–Trinajstić information content (AvgIpc) is 2.25. The van der Waals surface area contributed by atoms with Crippen molar-refractivity contribution >= 4 is 5.82 Å². The topological polar surface area (TPSA) is 42.2 Å². The Hall–Kier alpha value is -1.16. The summed E-state index contributed by atoms with van der Waals surface area (Å²) in [6.45, 7) is 9.72. The first-order valence-corrected chi connectivity index (χ1v) is 6.06. The van der Waals surface area contributed by atoms with Crippen molar-refractivity contribution in [2.75, 3.05) is 11.4 Å². The molecule has 4 heteroatoms. The second-order valence-corrected chi connectivity index (χ2v) is 4.98. The second-order valence-electron chi connectivity index (χ2n) is 4.98. The molecule has 0 radical (unpaired) electrons. The van der Waals surface area contributed by atoms with Crippen molar-refractivity contribution in [1.82, 2.24) is 4.98 Å². The van der Waals surface area contributed by atoms with Gasteiger partial charge in [0.2, 0.25) is 0 Å². The van der Waals surface area contributed by atoms with E-state index in [4.69, 9.17) is 5.73 Å². The van der Waals surface area contributed by atoms with E-state index < -0.39 is 0 Å². The number of rotatable bonds is 5. The molecule has 3 nitrogen and oxygen atoms in total. The van der Waals surface area contributed by atoms with Crippen molar-refractivity contribution in [2.45, 2.75) is 40.3 Å². The van der Waals surface area contributed by atoms with Crippen LogP contribution in [0.15, 0.2) is 12.3 Å². The SMILES string of the molecule is CC(C)CN(c1ncc(F)cc1CN)C(C)C. The van der Waals surface area contributed by atoms with Crippen molar-refractivity contribution in [3.63, 3.8) is 0 Å². The van der Waals surface area contributed by atoms with Gasteiger partial charge in [-0.1, -0.05) is 13.8 Å². The van der Waals surface area contributed by atoms with E-state index in [1.807, 2.05) is 0 Å². The summed E-state index contributed by atoms with van der Waals surface area (Å²) in [6, 6.07) is 1.79. The molecule has 17 heavy (non-hydrogen) atoms. The van der Waals surface area contributed by atoms with Gasteiger partial charge in [-0.25, -0.2) is 9.37 Å². The van der Waals surface area contributed by atoms with E-state index in [1.165, 1.54) is 12.3 Å². The number of pyridine rings is 1. The third-order valence-electron chi connectivity index (χ3n) is 2.59. The first-order valence-electron chi connectivity index (χ1n) is 6.06. The number of nitrogens with two attached hydrogens (primary N) is 1. The number of hydrogen-bond donors (Lipinski definition) is 1. The van der Waals surface area contributed by atoms with E-state index in [-0.39, 0.29) is 5.82 Å². The normalized spacial score (nSPS) is 11.3. The van der Waals surface area contributed by atoms with Crippen molar-refractivity contribution < 1.29 is 4.39 Å². The summed E-state index contributed by atoms with van der Waals surface area (Å²) in [5.74, 6) is 0.995. The molecule has 0 aliphatic carbocycles. The lowest BCUT2D eigenvalue weighted by molar-refractivity contribution is 0.560. The predicted octanol–water partition coefficient (Wildman–Crippen LogP) is 2.55. The molecule has 2 N–H and O–H groups in total. The van der Waals surface area contributed by atoms with Crippen LogP contribution in [0.25, 0.3) is 0 Å². The maximum atomic E-state index is 13.1. The Bertz CT molecular complexity index is 364. The highest BCUT2D eigenvalue weighted by molar-refractivity contribution is 5.47. The number of nitrogens with zero attached hydrogens (tertiary/aromatic N) is 2. The monoisotopic (exact) mass is 239 g/mol. The summed E-state index contributed by atoms with van der Waals surface area (Å²) >= 11 is 0. The molecule has 1 aromatic rings. The lowest BCUT2D eigenvalue weighted by Crippen LogP contribution is -2.35. The largest absolute Gasteiger partial charge is 0.354 e.